The van der Waals surface area contributed by atoms with Gasteiger partial charge < -0.3 is 20.1 Å². The van der Waals surface area contributed by atoms with Gasteiger partial charge in [-0.15, -0.1) is 0 Å². The van der Waals surface area contributed by atoms with Crippen LogP contribution in [0.1, 0.15) is 27.2 Å². The number of carbonyl (C=O) groups excluding carboxylic acids is 1. The summed E-state index contributed by atoms with van der Waals surface area (Å²) in [5.74, 6) is 0.632. The molecule has 8 nitrogen and oxygen atoms in total. The van der Waals surface area contributed by atoms with Crippen molar-refractivity contribution >= 4 is 28.4 Å². The van der Waals surface area contributed by atoms with E-state index >= 15 is 0 Å². The molecule has 0 saturated heterocycles. The van der Waals surface area contributed by atoms with Gasteiger partial charge in [0.15, 0.2) is 0 Å². The van der Waals surface area contributed by atoms with Gasteiger partial charge in [0.1, 0.15) is 11.5 Å². The fraction of sp³-hybridized carbons (Fsp3) is 0.250. The van der Waals surface area contributed by atoms with Crippen LogP contribution in [0.2, 0.25) is 0 Å². The van der Waals surface area contributed by atoms with E-state index in [9.17, 15) is 4.79 Å². The maximum Gasteiger partial charge on any atom is 0.254 e. The number of aromatic nitrogens is 4. The van der Waals surface area contributed by atoms with E-state index in [1.54, 1.807) is 12.4 Å². The second-order valence-electron chi connectivity index (χ2n) is 8.49. The van der Waals surface area contributed by atoms with Crippen molar-refractivity contribution in [2.45, 2.75) is 19.5 Å². The molecule has 0 fully saturated rings. The van der Waals surface area contributed by atoms with Crippen molar-refractivity contribution in [3.63, 3.8) is 0 Å². The third-order valence-corrected chi connectivity index (χ3v) is 6.37. The van der Waals surface area contributed by atoms with Gasteiger partial charge in [-0.1, -0.05) is 6.07 Å². The Bertz CT molecular complexity index is 1390. The highest BCUT2D eigenvalue weighted by atomic mass is 16.1. The summed E-state index contributed by atoms with van der Waals surface area (Å²) in [6.07, 6.45) is 6.52. The van der Waals surface area contributed by atoms with Gasteiger partial charge >= 0.3 is 0 Å². The van der Waals surface area contributed by atoms with Crippen LogP contribution in [0.5, 0.6) is 0 Å². The molecule has 6 heterocycles. The topological polar surface area (TPSA) is 88.0 Å². The van der Waals surface area contributed by atoms with Crippen LogP contribution < -0.4 is 10.6 Å². The third-order valence-electron chi connectivity index (χ3n) is 6.37. The lowest BCUT2D eigenvalue weighted by Crippen LogP contribution is -2.27. The van der Waals surface area contributed by atoms with Crippen LogP contribution in [0, 0.1) is 0 Å². The van der Waals surface area contributed by atoms with Gasteiger partial charge in [0, 0.05) is 55.6 Å². The van der Waals surface area contributed by atoms with Crippen molar-refractivity contribution in [2.24, 2.45) is 7.05 Å². The van der Waals surface area contributed by atoms with Crippen LogP contribution in [0.25, 0.3) is 22.3 Å². The SMILES string of the molecule is CN1CCc2ccc(Nc3cnc(-c4ccnc5c4ccn5C)c4c3C(=O)NC4)nc2C1. The normalized spacial score (nSPS) is 15.5. The van der Waals surface area contributed by atoms with E-state index in [4.69, 9.17) is 9.97 Å². The van der Waals surface area contributed by atoms with E-state index < -0.39 is 0 Å². The first-order valence-electron chi connectivity index (χ1n) is 10.7. The summed E-state index contributed by atoms with van der Waals surface area (Å²) in [5, 5.41) is 7.33. The predicted octanol–water partition coefficient (Wildman–Crippen LogP) is 3.01. The van der Waals surface area contributed by atoms with E-state index in [1.165, 1.54) is 5.56 Å². The fourth-order valence-electron chi connectivity index (χ4n) is 4.69. The number of hydrogen-bond donors (Lipinski definition) is 2. The molecule has 0 bridgehead atoms. The summed E-state index contributed by atoms with van der Waals surface area (Å²) in [6.45, 7) is 2.32. The van der Waals surface area contributed by atoms with E-state index in [0.29, 0.717) is 17.8 Å². The average molecular weight is 425 g/mol. The van der Waals surface area contributed by atoms with Crippen LogP contribution in [-0.2, 0) is 26.6 Å². The second-order valence-corrected chi connectivity index (χ2v) is 8.49. The number of fused-ring (bicyclic) bond motifs is 3. The number of carbonyl (C=O) groups is 1. The van der Waals surface area contributed by atoms with Crippen LogP contribution in [0.15, 0.2) is 42.9 Å². The smallest absolute Gasteiger partial charge is 0.254 e. The lowest BCUT2D eigenvalue weighted by molar-refractivity contribution is 0.0966. The molecule has 0 unspecified atom stereocenters. The number of anilines is 2. The number of likely N-dealkylation sites (N-methyl/N-ethyl adjacent to an activating group) is 1. The zero-order valence-electron chi connectivity index (χ0n) is 18.0. The minimum atomic E-state index is -0.0952. The van der Waals surface area contributed by atoms with E-state index in [1.807, 2.05) is 36.0 Å². The van der Waals surface area contributed by atoms with Gasteiger partial charge in [-0.05, 0) is 37.2 Å². The van der Waals surface area contributed by atoms with Crippen molar-refractivity contribution in [3.8, 4) is 11.3 Å². The predicted molar refractivity (Wildman–Crippen MR) is 123 cm³/mol. The minimum Gasteiger partial charge on any atom is -0.348 e. The molecule has 8 heteroatoms. The highest BCUT2D eigenvalue weighted by Crippen LogP contribution is 2.36. The Hall–Kier alpha value is -3.78. The third kappa shape index (κ3) is 2.95. The molecule has 4 aromatic rings. The summed E-state index contributed by atoms with van der Waals surface area (Å²) < 4.78 is 1.98. The largest absolute Gasteiger partial charge is 0.348 e. The Kier molecular flexibility index (Phi) is 4.22. The van der Waals surface area contributed by atoms with E-state index in [-0.39, 0.29) is 5.91 Å². The van der Waals surface area contributed by atoms with Crippen molar-refractivity contribution < 1.29 is 4.79 Å². The number of aryl methyl sites for hydroxylation is 1. The summed E-state index contributed by atoms with van der Waals surface area (Å²) in [4.78, 5) is 29.1. The Labute approximate surface area is 185 Å². The average Bonchev–Trinajstić information content (AvgIpc) is 3.37. The Morgan fingerprint density at radius 2 is 2.03 bits per heavy atom. The van der Waals surface area contributed by atoms with Crippen molar-refractivity contribution in [1.82, 2.24) is 29.7 Å². The zero-order valence-corrected chi connectivity index (χ0v) is 18.0. The number of amides is 1. The second kappa shape index (κ2) is 7.13. The molecule has 2 aliphatic heterocycles. The molecule has 4 aromatic heterocycles. The standard InChI is InChI=1S/C24H23N7O/c1-30-9-6-14-3-4-20(29-19(14)13-30)28-18-12-26-22(17-11-27-24(32)21(17)18)15-5-8-25-23-16(15)7-10-31(23)2/h3-5,7-8,10,12H,6,9,11,13H2,1-2H3,(H,27,32)(H,28,29). The Morgan fingerprint density at radius 3 is 2.94 bits per heavy atom. The highest BCUT2D eigenvalue weighted by Gasteiger charge is 2.28. The molecule has 6 rings (SSSR count). The molecule has 0 radical (unpaired) electrons. The molecule has 2 aliphatic rings. The molecular weight excluding hydrogens is 402 g/mol. The fourth-order valence-corrected chi connectivity index (χ4v) is 4.69. The Morgan fingerprint density at radius 1 is 1.12 bits per heavy atom. The first kappa shape index (κ1) is 18.9. The molecule has 160 valence electrons. The quantitative estimate of drug-likeness (QED) is 0.525. The molecule has 0 aromatic carbocycles. The maximum absolute atomic E-state index is 12.8. The Balaban J connectivity index is 1.43. The first-order valence-corrected chi connectivity index (χ1v) is 10.7. The van der Waals surface area contributed by atoms with Gasteiger partial charge in [-0.2, -0.15) is 0 Å². The molecule has 32 heavy (non-hydrogen) atoms. The monoisotopic (exact) mass is 425 g/mol. The van der Waals surface area contributed by atoms with Crippen LogP contribution in [0.4, 0.5) is 11.5 Å². The van der Waals surface area contributed by atoms with Crippen LogP contribution >= 0.6 is 0 Å². The zero-order chi connectivity index (χ0) is 21.8. The lowest BCUT2D eigenvalue weighted by atomic mass is 10.0. The molecule has 0 atom stereocenters. The van der Waals surface area contributed by atoms with Gasteiger partial charge in [-0.25, -0.2) is 9.97 Å². The first-order chi connectivity index (χ1) is 15.6. The highest BCUT2D eigenvalue weighted by molar-refractivity contribution is 6.06. The summed E-state index contributed by atoms with van der Waals surface area (Å²) in [5.41, 5.74) is 7.25. The van der Waals surface area contributed by atoms with Crippen molar-refractivity contribution in [2.75, 3.05) is 18.9 Å². The summed E-state index contributed by atoms with van der Waals surface area (Å²) in [7, 11) is 4.08. The molecular formula is C24H23N7O. The molecule has 0 aliphatic carbocycles. The maximum atomic E-state index is 12.8. The van der Waals surface area contributed by atoms with Crippen molar-refractivity contribution in [1.29, 1.82) is 0 Å². The van der Waals surface area contributed by atoms with Gasteiger partial charge in [0.05, 0.1) is 28.8 Å². The van der Waals surface area contributed by atoms with Gasteiger partial charge in [0.2, 0.25) is 0 Å². The van der Waals surface area contributed by atoms with Crippen LogP contribution in [0.3, 0.4) is 0 Å². The molecule has 2 N–H and O–H groups in total. The summed E-state index contributed by atoms with van der Waals surface area (Å²) in [6, 6.07) is 8.11. The molecule has 0 spiro atoms. The number of nitrogens with zero attached hydrogens (tertiary/aromatic N) is 5. The number of hydrogen-bond acceptors (Lipinski definition) is 6. The number of pyridine rings is 3. The van der Waals surface area contributed by atoms with E-state index in [2.05, 4.69) is 33.6 Å². The number of nitrogens with one attached hydrogen (secondary N) is 2. The molecule has 0 saturated carbocycles. The van der Waals surface area contributed by atoms with E-state index in [0.717, 1.165) is 58.9 Å². The lowest BCUT2D eigenvalue weighted by Gasteiger charge is -2.24. The molecule has 1 amide bonds. The summed E-state index contributed by atoms with van der Waals surface area (Å²) >= 11 is 0. The van der Waals surface area contributed by atoms with Gasteiger partial charge in [0.25, 0.3) is 5.91 Å². The van der Waals surface area contributed by atoms with Crippen LogP contribution in [-0.4, -0.2) is 43.9 Å². The van der Waals surface area contributed by atoms with Gasteiger partial charge in [-0.3, -0.25) is 9.78 Å². The number of rotatable bonds is 3. The van der Waals surface area contributed by atoms with Crippen molar-refractivity contribution in [3.05, 3.63) is 65.2 Å². The minimum absolute atomic E-state index is 0.0952.